The number of ether oxygens (including phenoxy) is 1. The van der Waals surface area contributed by atoms with Crippen molar-refractivity contribution in [1.82, 2.24) is 25.1 Å². The number of aromatic nitrogens is 5. The predicted octanol–water partition coefficient (Wildman–Crippen LogP) is 4.96. The Kier molecular flexibility index (Phi) is 3.83. The van der Waals surface area contributed by atoms with E-state index >= 15 is 0 Å². The first-order valence-electron chi connectivity index (χ1n) is 9.21. The first kappa shape index (κ1) is 16.5. The lowest BCUT2D eigenvalue weighted by molar-refractivity contribution is 0.232. The van der Waals surface area contributed by atoms with Gasteiger partial charge in [-0.05, 0) is 37.6 Å². The average molecular weight is 369 g/mol. The number of aromatic amines is 2. The largest absolute Gasteiger partial charge is 0.474 e. The summed E-state index contributed by atoms with van der Waals surface area (Å²) in [5.74, 6) is 0.534. The molecule has 0 radical (unpaired) electrons. The van der Waals surface area contributed by atoms with E-state index in [1.54, 1.807) is 12.4 Å². The summed E-state index contributed by atoms with van der Waals surface area (Å²) in [6.07, 6.45) is 7.33. The molecule has 0 aliphatic rings. The quantitative estimate of drug-likeness (QED) is 0.469. The van der Waals surface area contributed by atoms with Crippen molar-refractivity contribution in [3.05, 3.63) is 61.2 Å². The molecule has 5 aromatic rings. The standard InChI is InChI=1S/C22H19N5O/c1-13(2)28-22-12-23-11-21(26-22)15-5-6-19-17(7-15)18(10-24-19)14-3-4-16-9-25-27-20(16)8-14/h3-13,24H,1-2H3,(H,25,27). The number of hydrogen-bond acceptors (Lipinski definition) is 4. The van der Waals surface area contributed by atoms with E-state index in [-0.39, 0.29) is 6.10 Å². The number of fused-ring (bicyclic) bond motifs is 2. The predicted molar refractivity (Wildman–Crippen MR) is 110 cm³/mol. The van der Waals surface area contributed by atoms with Crippen LogP contribution in [0, 0.1) is 0 Å². The summed E-state index contributed by atoms with van der Waals surface area (Å²) >= 11 is 0. The molecule has 2 N–H and O–H groups in total. The molecule has 0 aliphatic carbocycles. The number of hydrogen-bond donors (Lipinski definition) is 2. The SMILES string of the molecule is CC(C)Oc1cncc(-c2ccc3[nH]cc(-c4ccc5cn[nH]c5c4)c3c2)n1. The molecule has 0 unspecified atom stereocenters. The van der Waals surface area contributed by atoms with Gasteiger partial charge in [0.25, 0.3) is 0 Å². The Hall–Kier alpha value is -3.67. The molecule has 2 aromatic carbocycles. The van der Waals surface area contributed by atoms with Gasteiger partial charge < -0.3 is 9.72 Å². The second-order valence-electron chi connectivity index (χ2n) is 7.04. The summed E-state index contributed by atoms with van der Waals surface area (Å²) < 4.78 is 5.69. The molecule has 138 valence electrons. The molecule has 0 saturated carbocycles. The molecular weight excluding hydrogens is 350 g/mol. The fourth-order valence-electron chi connectivity index (χ4n) is 3.41. The highest BCUT2D eigenvalue weighted by Crippen LogP contribution is 2.33. The van der Waals surface area contributed by atoms with Gasteiger partial charge in [-0.15, -0.1) is 0 Å². The zero-order chi connectivity index (χ0) is 19.1. The Bertz CT molecular complexity index is 1280. The van der Waals surface area contributed by atoms with E-state index in [0.717, 1.165) is 44.2 Å². The molecule has 3 heterocycles. The highest BCUT2D eigenvalue weighted by Gasteiger charge is 2.11. The molecule has 0 fully saturated rings. The van der Waals surface area contributed by atoms with Gasteiger partial charge in [-0.3, -0.25) is 10.1 Å². The zero-order valence-electron chi connectivity index (χ0n) is 15.6. The number of rotatable bonds is 4. The average Bonchev–Trinajstić information content (AvgIpc) is 3.33. The lowest BCUT2D eigenvalue weighted by atomic mass is 10.0. The lowest BCUT2D eigenvalue weighted by Gasteiger charge is -2.09. The van der Waals surface area contributed by atoms with Gasteiger partial charge in [0.05, 0.1) is 35.9 Å². The van der Waals surface area contributed by atoms with Crippen molar-refractivity contribution in [2.75, 3.05) is 0 Å². The number of nitrogens with one attached hydrogen (secondary N) is 2. The Labute approximate surface area is 161 Å². The van der Waals surface area contributed by atoms with Gasteiger partial charge in [0.1, 0.15) is 0 Å². The molecule has 5 rings (SSSR count). The van der Waals surface area contributed by atoms with Gasteiger partial charge in [-0.25, -0.2) is 4.98 Å². The smallest absolute Gasteiger partial charge is 0.233 e. The second kappa shape index (κ2) is 6.49. The van der Waals surface area contributed by atoms with Crippen molar-refractivity contribution in [2.24, 2.45) is 0 Å². The van der Waals surface area contributed by atoms with Gasteiger partial charge in [0.15, 0.2) is 0 Å². The summed E-state index contributed by atoms with van der Waals surface area (Å²) in [7, 11) is 0. The third kappa shape index (κ3) is 2.89. The molecule has 3 aromatic heterocycles. The minimum atomic E-state index is 0.0562. The molecule has 0 spiro atoms. The fraction of sp³-hybridized carbons (Fsp3) is 0.136. The highest BCUT2D eigenvalue weighted by atomic mass is 16.5. The van der Waals surface area contributed by atoms with Gasteiger partial charge in [-0.2, -0.15) is 5.10 Å². The van der Waals surface area contributed by atoms with E-state index in [1.807, 2.05) is 32.3 Å². The molecule has 6 nitrogen and oxygen atoms in total. The first-order valence-corrected chi connectivity index (χ1v) is 9.21. The topological polar surface area (TPSA) is 79.5 Å². The van der Waals surface area contributed by atoms with E-state index in [9.17, 15) is 0 Å². The van der Waals surface area contributed by atoms with Crippen molar-refractivity contribution < 1.29 is 4.74 Å². The molecule has 28 heavy (non-hydrogen) atoms. The van der Waals surface area contributed by atoms with Crippen LogP contribution < -0.4 is 4.74 Å². The number of benzene rings is 2. The molecular formula is C22H19N5O. The molecule has 0 saturated heterocycles. The summed E-state index contributed by atoms with van der Waals surface area (Å²) in [4.78, 5) is 12.2. The van der Waals surface area contributed by atoms with E-state index in [1.165, 1.54) is 0 Å². The Morgan fingerprint density at radius 2 is 1.82 bits per heavy atom. The minimum absolute atomic E-state index is 0.0562. The summed E-state index contributed by atoms with van der Waals surface area (Å²) in [6, 6.07) is 12.6. The molecule has 0 atom stereocenters. The van der Waals surface area contributed by atoms with E-state index < -0.39 is 0 Å². The van der Waals surface area contributed by atoms with Crippen LogP contribution >= 0.6 is 0 Å². The van der Waals surface area contributed by atoms with Crippen molar-refractivity contribution in [3.63, 3.8) is 0 Å². The minimum Gasteiger partial charge on any atom is -0.474 e. The Morgan fingerprint density at radius 1 is 0.929 bits per heavy atom. The van der Waals surface area contributed by atoms with Crippen molar-refractivity contribution in [1.29, 1.82) is 0 Å². The van der Waals surface area contributed by atoms with Gasteiger partial charge >= 0.3 is 0 Å². The van der Waals surface area contributed by atoms with Crippen molar-refractivity contribution in [2.45, 2.75) is 20.0 Å². The third-order valence-electron chi connectivity index (χ3n) is 4.70. The maximum Gasteiger partial charge on any atom is 0.233 e. The van der Waals surface area contributed by atoms with Crippen LogP contribution in [0.25, 0.3) is 44.2 Å². The monoisotopic (exact) mass is 369 g/mol. The molecule has 0 amide bonds. The van der Waals surface area contributed by atoms with Crippen LogP contribution in [-0.4, -0.2) is 31.3 Å². The van der Waals surface area contributed by atoms with Crippen LogP contribution in [-0.2, 0) is 0 Å². The highest BCUT2D eigenvalue weighted by molar-refractivity contribution is 5.99. The van der Waals surface area contributed by atoms with E-state index in [0.29, 0.717) is 5.88 Å². The van der Waals surface area contributed by atoms with Crippen molar-refractivity contribution in [3.8, 4) is 28.3 Å². The normalized spacial score (nSPS) is 11.5. The van der Waals surface area contributed by atoms with Crippen LogP contribution in [0.5, 0.6) is 5.88 Å². The summed E-state index contributed by atoms with van der Waals surface area (Å²) in [6.45, 7) is 3.95. The number of nitrogens with zero attached hydrogens (tertiary/aromatic N) is 3. The summed E-state index contributed by atoms with van der Waals surface area (Å²) in [5.41, 5.74) is 6.14. The molecule has 0 bridgehead atoms. The maximum absolute atomic E-state index is 5.69. The summed E-state index contributed by atoms with van der Waals surface area (Å²) in [5, 5.41) is 9.38. The van der Waals surface area contributed by atoms with Gasteiger partial charge in [-0.1, -0.05) is 18.2 Å². The number of H-pyrrole nitrogens is 2. The Balaban J connectivity index is 1.60. The van der Waals surface area contributed by atoms with Crippen LogP contribution in [0.3, 0.4) is 0 Å². The van der Waals surface area contributed by atoms with Crippen LogP contribution in [0.1, 0.15) is 13.8 Å². The fourth-order valence-corrected chi connectivity index (χ4v) is 3.41. The lowest BCUT2D eigenvalue weighted by Crippen LogP contribution is -2.07. The van der Waals surface area contributed by atoms with Crippen molar-refractivity contribution >= 4 is 21.8 Å². The van der Waals surface area contributed by atoms with E-state index in [4.69, 9.17) is 4.74 Å². The zero-order valence-corrected chi connectivity index (χ0v) is 15.6. The van der Waals surface area contributed by atoms with E-state index in [2.05, 4.69) is 55.5 Å². The van der Waals surface area contributed by atoms with Crippen LogP contribution in [0.4, 0.5) is 0 Å². The second-order valence-corrected chi connectivity index (χ2v) is 7.04. The molecule has 6 heteroatoms. The Morgan fingerprint density at radius 3 is 2.71 bits per heavy atom. The maximum atomic E-state index is 5.69. The van der Waals surface area contributed by atoms with Gasteiger partial charge in [0.2, 0.25) is 5.88 Å². The molecule has 0 aliphatic heterocycles. The van der Waals surface area contributed by atoms with Crippen LogP contribution in [0.2, 0.25) is 0 Å². The third-order valence-corrected chi connectivity index (χ3v) is 4.70. The van der Waals surface area contributed by atoms with Gasteiger partial charge in [0, 0.05) is 33.6 Å². The first-order chi connectivity index (χ1) is 13.7. The van der Waals surface area contributed by atoms with Crippen LogP contribution in [0.15, 0.2) is 61.2 Å².